The maximum Gasteiger partial charge on any atom is 0.145 e. The van der Waals surface area contributed by atoms with Gasteiger partial charge in [0, 0.05) is 0 Å². The molecule has 0 aliphatic heterocycles. The third-order valence-electron chi connectivity index (χ3n) is 1.20. The van der Waals surface area contributed by atoms with Crippen LogP contribution in [0.1, 0.15) is 13.8 Å². The van der Waals surface area contributed by atoms with E-state index in [1.807, 2.05) is 0 Å². The van der Waals surface area contributed by atoms with Gasteiger partial charge in [0.25, 0.3) is 0 Å². The standard InChI is InChI=1S/C10H12O2/c1-9(7-11)5-3-4-6-10(2)8-12/h3-8H,1-2H3/b4-3+,9-5?,10-6?. The first kappa shape index (κ1) is 10.6. The van der Waals surface area contributed by atoms with E-state index in [0.29, 0.717) is 11.1 Å². The smallest absolute Gasteiger partial charge is 0.145 e. The first-order valence-electron chi connectivity index (χ1n) is 3.63. The molecule has 0 N–H and O–H groups in total. The molecule has 2 nitrogen and oxygen atoms in total. The maximum absolute atomic E-state index is 10.1. The number of hydrogen-bond donors (Lipinski definition) is 0. The lowest BCUT2D eigenvalue weighted by Crippen LogP contribution is -1.73. The Balaban J connectivity index is 4.09. The molecule has 0 aliphatic rings. The molecule has 2 heteroatoms. The van der Waals surface area contributed by atoms with Crippen LogP contribution in [0.5, 0.6) is 0 Å². The van der Waals surface area contributed by atoms with Gasteiger partial charge >= 0.3 is 0 Å². The lowest BCUT2D eigenvalue weighted by molar-refractivity contribution is -0.105. The summed E-state index contributed by atoms with van der Waals surface area (Å²) in [6.07, 6.45) is 8.36. The molecule has 0 saturated heterocycles. The summed E-state index contributed by atoms with van der Waals surface area (Å²) in [7, 11) is 0. The average molecular weight is 164 g/mol. The van der Waals surface area contributed by atoms with Gasteiger partial charge in [0.2, 0.25) is 0 Å². The van der Waals surface area contributed by atoms with E-state index in [0.717, 1.165) is 12.6 Å². The van der Waals surface area contributed by atoms with Crippen LogP contribution in [0.25, 0.3) is 0 Å². The summed E-state index contributed by atoms with van der Waals surface area (Å²) in [6, 6.07) is 0. The van der Waals surface area contributed by atoms with E-state index in [4.69, 9.17) is 0 Å². The zero-order valence-electron chi connectivity index (χ0n) is 7.28. The van der Waals surface area contributed by atoms with Gasteiger partial charge in [0.05, 0.1) is 0 Å². The fourth-order valence-electron chi connectivity index (χ4n) is 0.493. The van der Waals surface area contributed by atoms with Gasteiger partial charge in [-0.05, 0) is 25.0 Å². The summed E-state index contributed by atoms with van der Waals surface area (Å²) < 4.78 is 0. The van der Waals surface area contributed by atoms with Crippen molar-refractivity contribution in [2.24, 2.45) is 0 Å². The predicted molar refractivity (Wildman–Crippen MR) is 48.8 cm³/mol. The number of allylic oxidation sites excluding steroid dienone is 6. The lowest BCUT2D eigenvalue weighted by Gasteiger charge is -1.81. The lowest BCUT2D eigenvalue weighted by atomic mass is 10.2. The predicted octanol–water partition coefficient (Wildman–Crippen LogP) is 1.83. The zero-order chi connectivity index (χ0) is 9.40. The summed E-state index contributed by atoms with van der Waals surface area (Å²) in [5.41, 5.74) is 1.31. The minimum atomic E-state index is 0.656. The van der Waals surface area contributed by atoms with Crippen LogP contribution in [-0.2, 0) is 9.59 Å². The van der Waals surface area contributed by atoms with Gasteiger partial charge in [0.1, 0.15) is 12.6 Å². The maximum atomic E-state index is 10.1. The minimum Gasteiger partial charge on any atom is -0.298 e. The summed E-state index contributed by atoms with van der Waals surface area (Å²) in [5.74, 6) is 0. The second-order valence-corrected chi connectivity index (χ2v) is 2.44. The SMILES string of the molecule is CC(C=O)=C/C=C/C=C(C)C=O. The Bertz CT molecular complexity index is 219. The molecule has 0 rings (SSSR count). The molecule has 0 aromatic carbocycles. The van der Waals surface area contributed by atoms with Gasteiger partial charge in [-0.25, -0.2) is 0 Å². The molecule has 0 aromatic rings. The fourth-order valence-corrected chi connectivity index (χ4v) is 0.493. The number of carbonyl (C=O) groups is 2. The second kappa shape index (κ2) is 6.28. The van der Waals surface area contributed by atoms with Crippen LogP contribution in [0.2, 0.25) is 0 Å². The van der Waals surface area contributed by atoms with Crippen molar-refractivity contribution in [3.63, 3.8) is 0 Å². The minimum absolute atomic E-state index is 0.656. The van der Waals surface area contributed by atoms with Crippen molar-refractivity contribution in [2.75, 3.05) is 0 Å². The normalized spacial score (nSPS) is 13.5. The van der Waals surface area contributed by atoms with Crippen molar-refractivity contribution in [3.05, 3.63) is 35.5 Å². The highest BCUT2D eigenvalue weighted by molar-refractivity contribution is 5.73. The molecule has 0 aromatic heterocycles. The van der Waals surface area contributed by atoms with Crippen LogP contribution < -0.4 is 0 Å². The largest absolute Gasteiger partial charge is 0.298 e. The first-order chi connectivity index (χ1) is 5.70. The molecular formula is C10H12O2. The van der Waals surface area contributed by atoms with Crippen molar-refractivity contribution in [1.82, 2.24) is 0 Å². The van der Waals surface area contributed by atoms with E-state index < -0.39 is 0 Å². The Hall–Kier alpha value is -1.44. The Kier molecular flexibility index (Phi) is 5.53. The molecule has 0 amide bonds. The van der Waals surface area contributed by atoms with E-state index in [9.17, 15) is 9.59 Å². The summed E-state index contributed by atoms with van der Waals surface area (Å²) in [6.45, 7) is 3.43. The van der Waals surface area contributed by atoms with Crippen molar-refractivity contribution >= 4 is 12.6 Å². The van der Waals surface area contributed by atoms with E-state index in [1.165, 1.54) is 0 Å². The molecule has 0 bridgehead atoms. The monoisotopic (exact) mass is 164 g/mol. The molecule has 0 spiro atoms. The average Bonchev–Trinajstić information content (AvgIpc) is 2.11. The van der Waals surface area contributed by atoms with Crippen LogP contribution in [0, 0.1) is 0 Å². The first-order valence-corrected chi connectivity index (χ1v) is 3.63. The number of aldehydes is 2. The van der Waals surface area contributed by atoms with Crippen molar-refractivity contribution in [1.29, 1.82) is 0 Å². The molecule has 0 unspecified atom stereocenters. The van der Waals surface area contributed by atoms with Crippen molar-refractivity contribution in [3.8, 4) is 0 Å². The van der Waals surface area contributed by atoms with Crippen LogP contribution in [0.15, 0.2) is 35.5 Å². The Morgan fingerprint density at radius 3 is 1.42 bits per heavy atom. The summed E-state index contributed by atoms with van der Waals surface area (Å²) >= 11 is 0. The summed E-state index contributed by atoms with van der Waals surface area (Å²) in [5, 5.41) is 0. The number of hydrogen-bond acceptors (Lipinski definition) is 2. The molecule has 0 atom stereocenters. The van der Waals surface area contributed by atoms with Crippen LogP contribution in [-0.4, -0.2) is 12.6 Å². The van der Waals surface area contributed by atoms with Crippen molar-refractivity contribution in [2.45, 2.75) is 13.8 Å². The van der Waals surface area contributed by atoms with E-state index in [1.54, 1.807) is 38.2 Å². The van der Waals surface area contributed by atoms with Gasteiger partial charge < -0.3 is 0 Å². The van der Waals surface area contributed by atoms with Crippen LogP contribution >= 0.6 is 0 Å². The molecule has 0 heterocycles. The fraction of sp³-hybridized carbons (Fsp3) is 0.200. The molecular weight excluding hydrogens is 152 g/mol. The summed E-state index contributed by atoms with van der Waals surface area (Å²) in [4.78, 5) is 20.2. The van der Waals surface area contributed by atoms with E-state index in [2.05, 4.69) is 0 Å². The van der Waals surface area contributed by atoms with E-state index >= 15 is 0 Å². The van der Waals surface area contributed by atoms with Crippen LogP contribution in [0.4, 0.5) is 0 Å². The molecule has 64 valence electrons. The quantitative estimate of drug-likeness (QED) is 0.361. The van der Waals surface area contributed by atoms with Gasteiger partial charge in [-0.15, -0.1) is 0 Å². The molecule has 0 fully saturated rings. The van der Waals surface area contributed by atoms with E-state index in [-0.39, 0.29) is 0 Å². The molecule has 0 saturated carbocycles. The van der Waals surface area contributed by atoms with Gasteiger partial charge in [-0.3, -0.25) is 9.59 Å². The van der Waals surface area contributed by atoms with Gasteiger partial charge in [-0.2, -0.15) is 0 Å². The number of rotatable bonds is 4. The third kappa shape index (κ3) is 5.35. The topological polar surface area (TPSA) is 34.1 Å². The highest BCUT2D eigenvalue weighted by atomic mass is 16.1. The highest BCUT2D eigenvalue weighted by Crippen LogP contribution is 1.90. The zero-order valence-corrected chi connectivity index (χ0v) is 7.28. The molecule has 0 aliphatic carbocycles. The van der Waals surface area contributed by atoms with Crippen LogP contribution in [0.3, 0.4) is 0 Å². The van der Waals surface area contributed by atoms with Gasteiger partial charge in [-0.1, -0.05) is 24.3 Å². The second-order valence-electron chi connectivity index (χ2n) is 2.44. The highest BCUT2D eigenvalue weighted by Gasteiger charge is 1.79. The Morgan fingerprint density at radius 2 is 1.17 bits per heavy atom. The Morgan fingerprint density at radius 1 is 0.833 bits per heavy atom. The van der Waals surface area contributed by atoms with Gasteiger partial charge in [0.15, 0.2) is 0 Å². The van der Waals surface area contributed by atoms with Crippen molar-refractivity contribution < 1.29 is 9.59 Å². The third-order valence-corrected chi connectivity index (χ3v) is 1.20. The number of carbonyl (C=O) groups excluding carboxylic acids is 2. The molecule has 0 radical (unpaired) electrons. The molecule has 12 heavy (non-hydrogen) atoms. The Labute approximate surface area is 72.3 Å².